The Hall–Kier alpha value is -3.97. The van der Waals surface area contributed by atoms with E-state index < -0.39 is 0 Å². The Morgan fingerprint density at radius 3 is 2.16 bits per heavy atom. The largest absolute Gasteiger partial charge is 0.758 e. The molecule has 1 aliphatic rings. The van der Waals surface area contributed by atoms with E-state index in [1.54, 1.807) is 37.5 Å². The first kappa shape index (κ1) is 20.3. The molecule has 0 radical (unpaired) electrons. The zero-order valence-corrected chi connectivity index (χ0v) is 17.2. The molecule has 3 aromatic carbocycles. The molecule has 0 unspecified atom stereocenters. The van der Waals surface area contributed by atoms with Crippen LogP contribution in [0.25, 0.3) is 12.2 Å². The predicted octanol–water partition coefficient (Wildman–Crippen LogP) is 3.28. The molecule has 0 aromatic heterocycles. The van der Waals surface area contributed by atoms with Crippen LogP contribution in [0.5, 0.6) is 11.5 Å². The summed E-state index contributed by atoms with van der Waals surface area (Å²) in [5.41, 5.74) is 2.85. The molecule has 0 amide bonds. The molecule has 0 spiro atoms. The van der Waals surface area contributed by atoms with Gasteiger partial charge >= 0.3 is 0 Å². The van der Waals surface area contributed by atoms with Gasteiger partial charge in [-0.2, -0.15) is 0 Å². The molecule has 1 aliphatic carbocycles. The van der Waals surface area contributed by atoms with E-state index in [0.717, 1.165) is 32.6 Å². The monoisotopic (exact) mass is 416 g/mol. The summed E-state index contributed by atoms with van der Waals surface area (Å²) >= 11 is 0. The summed E-state index contributed by atoms with van der Waals surface area (Å²) in [6.45, 7) is 0. The van der Waals surface area contributed by atoms with Gasteiger partial charge in [0.2, 0.25) is 5.71 Å². The van der Waals surface area contributed by atoms with Gasteiger partial charge in [-0.05, 0) is 78.1 Å². The third-order valence-corrected chi connectivity index (χ3v) is 4.94. The SMILES string of the molecule is COc1ccc(Nc2ccc(O/[N+]([O-])=C3/C=c4ccc(N(C)[O-])cc4=CC3)cc2)cc1. The summed E-state index contributed by atoms with van der Waals surface area (Å²) in [6, 6.07) is 20.1. The van der Waals surface area contributed by atoms with Crippen LogP contribution in [0.1, 0.15) is 6.42 Å². The van der Waals surface area contributed by atoms with Gasteiger partial charge in [-0.25, -0.2) is 0 Å². The van der Waals surface area contributed by atoms with Crippen LogP contribution in [0.15, 0.2) is 66.7 Å². The van der Waals surface area contributed by atoms with Crippen LogP contribution in [-0.2, 0) is 0 Å². The van der Waals surface area contributed by atoms with Gasteiger partial charge in [0.25, 0.3) is 0 Å². The second-order valence-corrected chi connectivity index (χ2v) is 7.08. The van der Waals surface area contributed by atoms with Crippen molar-refractivity contribution in [3.05, 3.63) is 87.6 Å². The van der Waals surface area contributed by atoms with Crippen LogP contribution < -0.4 is 30.4 Å². The number of ether oxygens (including phenoxy) is 1. The molecule has 0 heterocycles. The van der Waals surface area contributed by atoms with E-state index in [0.29, 0.717) is 28.5 Å². The van der Waals surface area contributed by atoms with Crippen molar-refractivity contribution in [3.63, 3.8) is 0 Å². The number of nitrogens with one attached hydrogen (secondary N) is 1. The van der Waals surface area contributed by atoms with E-state index >= 15 is 0 Å². The Balaban J connectivity index is 1.46. The average molecular weight is 416 g/mol. The van der Waals surface area contributed by atoms with Crippen LogP contribution in [0.2, 0.25) is 0 Å². The smallest absolute Gasteiger partial charge is 0.249 e. The van der Waals surface area contributed by atoms with Crippen molar-refractivity contribution in [2.45, 2.75) is 6.42 Å². The Kier molecular flexibility index (Phi) is 5.77. The molecular formula is C24H22N3O4-. The minimum absolute atomic E-state index is 0.416. The van der Waals surface area contributed by atoms with E-state index in [2.05, 4.69) is 5.32 Å². The lowest BCUT2D eigenvalue weighted by Gasteiger charge is -2.24. The van der Waals surface area contributed by atoms with Crippen LogP contribution in [0.3, 0.4) is 0 Å². The van der Waals surface area contributed by atoms with Gasteiger partial charge in [-0.1, -0.05) is 12.1 Å². The molecule has 0 fully saturated rings. The van der Waals surface area contributed by atoms with Crippen molar-refractivity contribution in [1.82, 2.24) is 0 Å². The lowest BCUT2D eigenvalue weighted by atomic mass is 10.1. The zero-order valence-electron chi connectivity index (χ0n) is 17.2. The van der Waals surface area contributed by atoms with Crippen LogP contribution >= 0.6 is 0 Å². The number of benzene rings is 3. The molecule has 0 bridgehead atoms. The second-order valence-electron chi connectivity index (χ2n) is 7.08. The molecular weight excluding hydrogens is 394 g/mol. The lowest BCUT2D eigenvalue weighted by Crippen LogP contribution is -2.32. The standard InChI is InChI=1S/C24H22N3O4/c1-26(28)21-9-3-18-16-22(10-4-17(18)15-21)27(29)31-24-13-7-20(8-14-24)25-19-5-11-23(30-2)12-6-19/h3-9,11-16,25H,10H2,1-2H3/q-1/b27-22+. The maximum Gasteiger partial charge on any atom is 0.249 e. The first-order valence-corrected chi connectivity index (χ1v) is 9.77. The average Bonchev–Trinajstić information content (AvgIpc) is 2.80. The summed E-state index contributed by atoms with van der Waals surface area (Å²) in [6.07, 6.45) is 4.10. The maximum atomic E-state index is 12.5. The van der Waals surface area contributed by atoms with E-state index in [9.17, 15) is 10.4 Å². The normalized spacial score (nSPS) is 13.9. The first-order valence-electron chi connectivity index (χ1n) is 9.77. The van der Waals surface area contributed by atoms with Crippen LogP contribution in [0, 0.1) is 10.4 Å². The quantitative estimate of drug-likeness (QED) is 0.491. The Bertz CT molecular complexity index is 1220. The molecule has 0 saturated carbocycles. The number of rotatable bonds is 6. The third-order valence-electron chi connectivity index (χ3n) is 4.94. The molecule has 31 heavy (non-hydrogen) atoms. The van der Waals surface area contributed by atoms with Crippen molar-refractivity contribution in [1.29, 1.82) is 0 Å². The molecule has 0 atom stereocenters. The third kappa shape index (κ3) is 4.79. The lowest BCUT2D eigenvalue weighted by molar-refractivity contribution is -0.693. The molecule has 7 heteroatoms. The van der Waals surface area contributed by atoms with Gasteiger partial charge < -0.3 is 25.2 Å². The van der Waals surface area contributed by atoms with Gasteiger partial charge in [0.05, 0.1) is 19.3 Å². The number of hydrogen-bond acceptors (Lipinski definition) is 6. The minimum Gasteiger partial charge on any atom is -0.758 e. The zero-order chi connectivity index (χ0) is 21.8. The number of nitrogens with zero attached hydrogens (tertiary/aromatic N) is 2. The van der Waals surface area contributed by atoms with Gasteiger partial charge in [-0.3, -0.25) is 5.21 Å². The maximum absolute atomic E-state index is 12.5. The van der Waals surface area contributed by atoms with Gasteiger partial charge in [0, 0.05) is 28.0 Å². The number of anilines is 3. The highest BCUT2D eigenvalue weighted by atomic mass is 16.9. The number of fused-ring (bicyclic) bond motifs is 1. The molecule has 3 aromatic rings. The highest BCUT2D eigenvalue weighted by Gasteiger charge is 2.12. The molecule has 0 saturated heterocycles. The molecule has 158 valence electrons. The highest BCUT2D eigenvalue weighted by Crippen LogP contribution is 2.22. The van der Waals surface area contributed by atoms with E-state index in [4.69, 9.17) is 9.57 Å². The van der Waals surface area contributed by atoms with Crippen molar-refractivity contribution in [2.24, 2.45) is 0 Å². The van der Waals surface area contributed by atoms with Gasteiger partial charge in [0.15, 0.2) is 0 Å². The van der Waals surface area contributed by atoms with Gasteiger partial charge in [0.1, 0.15) is 5.75 Å². The van der Waals surface area contributed by atoms with Crippen molar-refractivity contribution < 1.29 is 14.5 Å². The molecule has 0 aliphatic heterocycles. The van der Waals surface area contributed by atoms with E-state index in [1.807, 2.05) is 48.5 Å². The molecule has 4 rings (SSSR count). The number of methoxy groups -OCH3 is 1. The Labute approximate surface area is 179 Å². The fourth-order valence-electron chi connectivity index (χ4n) is 3.24. The van der Waals surface area contributed by atoms with Crippen molar-refractivity contribution in [3.8, 4) is 11.5 Å². The van der Waals surface area contributed by atoms with Crippen molar-refractivity contribution in [2.75, 3.05) is 24.5 Å². The first-order chi connectivity index (χ1) is 15.0. The predicted molar refractivity (Wildman–Crippen MR) is 123 cm³/mol. The number of hydrogen-bond donors (Lipinski definition) is 1. The van der Waals surface area contributed by atoms with Gasteiger partial charge in [-0.15, -0.1) is 0 Å². The second kappa shape index (κ2) is 8.81. The summed E-state index contributed by atoms with van der Waals surface area (Å²) in [5.74, 6) is 1.23. The molecule has 7 nitrogen and oxygen atoms in total. The topological polar surface area (TPSA) is 82.9 Å². The fourth-order valence-corrected chi connectivity index (χ4v) is 3.24. The summed E-state index contributed by atoms with van der Waals surface area (Å²) in [7, 11) is 3.08. The fraction of sp³-hybridized carbons (Fsp3) is 0.125. The van der Waals surface area contributed by atoms with E-state index in [-0.39, 0.29) is 0 Å². The van der Waals surface area contributed by atoms with Crippen molar-refractivity contribution >= 4 is 34.9 Å². The van der Waals surface area contributed by atoms with Crippen LogP contribution in [0.4, 0.5) is 17.1 Å². The molecule has 1 N–H and O–H groups in total. The summed E-state index contributed by atoms with van der Waals surface area (Å²) in [4.78, 5) is 5.98. The van der Waals surface area contributed by atoms with E-state index in [1.165, 1.54) is 7.05 Å². The minimum atomic E-state index is 0.416. The summed E-state index contributed by atoms with van der Waals surface area (Å²) < 4.78 is 5.16. The van der Waals surface area contributed by atoms with Crippen LogP contribution in [-0.4, -0.2) is 24.8 Å². The summed E-state index contributed by atoms with van der Waals surface area (Å²) in [5, 5.41) is 29.8. The highest BCUT2D eigenvalue weighted by molar-refractivity contribution is 6.10. The number of hydroxylamine groups is 1. The Morgan fingerprint density at radius 1 is 0.903 bits per heavy atom. The Morgan fingerprint density at radius 2 is 1.55 bits per heavy atom.